The quantitative estimate of drug-likeness (QED) is 0.782. The standard InChI is InChI=1S/C9H16BrNO2/c1-7(10)5-11-6-9(12)3-4-13-8(9)2/h8,11-12H,1,3-6H2,2H3. The minimum Gasteiger partial charge on any atom is -0.386 e. The molecule has 76 valence electrons. The molecule has 1 saturated heterocycles. The molecule has 0 radical (unpaired) electrons. The van der Waals surface area contributed by atoms with Gasteiger partial charge in [-0.15, -0.1) is 0 Å². The third kappa shape index (κ3) is 3.06. The number of nitrogens with one attached hydrogen (secondary N) is 1. The summed E-state index contributed by atoms with van der Waals surface area (Å²) in [6, 6.07) is 0. The average Bonchev–Trinajstić information content (AvgIpc) is 2.32. The highest BCUT2D eigenvalue weighted by atomic mass is 79.9. The largest absolute Gasteiger partial charge is 0.386 e. The van der Waals surface area contributed by atoms with Crippen molar-refractivity contribution >= 4 is 15.9 Å². The monoisotopic (exact) mass is 249 g/mol. The summed E-state index contributed by atoms with van der Waals surface area (Å²) in [6.45, 7) is 7.48. The normalized spacial score (nSPS) is 33.6. The van der Waals surface area contributed by atoms with Crippen molar-refractivity contribution in [3.8, 4) is 0 Å². The Hall–Kier alpha value is 0.1000. The number of rotatable bonds is 4. The molecule has 1 aliphatic heterocycles. The first-order chi connectivity index (χ1) is 6.04. The van der Waals surface area contributed by atoms with Crippen LogP contribution in [0.1, 0.15) is 13.3 Å². The molecule has 2 N–H and O–H groups in total. The number of halogens is 1. The average molecular weight is 250 g/mol. The van der Waals surface area contributed by atoms with Gasteiger partial charge in [0.25, 0.3) is 0 Å². The predicted molar refractivity (Wildman–Crippen MR) is 55.9 cm³/mol. The first-order valence-corrected chi connectivity index (χ1v) is 5.22. The smallest absolute Gasteiger partial charge is 0.105 e. The summed E-state index contributed by atoms with van der Waals surface area (Å²) < 4.78 is 6.19. The van der Waals surface area contributed by atoms with E-state index in [1.54, 1.807) is 0 Å². The molecule has 13 heavy (non-hydrogen) atoms. The molecule has 2 atom stereocenters. The van der Waals surface area contributed by atoms with Crippen LogP contribution in [0.5, 0.6) is 0 Å². The lowest BCUT2D eigenvalue weighted by molar-refractivity contribution is -0.0255. The summed E-state index contributed by atoms with van der Waals surface area (Å²) in [6.07, 6.45) is 0.624. The lowest BCUT2D eigenvalue weighted by atomic mass is 9.97. The van der Waals surface area contributed by atoms with Crippen LogP contribution >= 0.6 is 15.9 Å². The molecule has 1 aliphatic rings. The molecule has 1 heterocycles. The molecule has 0 aromatic heterocycles. The molecule has 1 rings (SSSR count). The van der Waals surface area contributed by atoms with Crippen molar-refractivity contribution in [3.63, 3.8) is 0 Å². The molecule has 0 aliphatic carbocycles. The molecule has 2 unspecified atom stereocenters. The van der Waals surface area contributed by atoms with Crippen LogP contribution in [0.3, 0.4) is 0 Å². The Morgan fingerprint density at radius 3 is 3.00 bits per heavy atom. The first-order valence-electron chi connectivity index (χ1n) is 4.42. The molecule has 0 saturated carbocycles. The summed E-state index contributed by atoms with van der Waals surface area (Å²) in [5.41, 5.74) is -0.706. The van der Waals surface area contributed by atoms with Gasteiger partial charge >= 0.3 is 0 Å². The van der Waals surface area contributed by atoms with Gasteiger partial charge in [-0.2, -0.15) is 0 Å². The third-order valence-corrected chi connectivity index (χ3v) is 2.69. The third-order valence-electron chi connectivity index (χ3n) is 2.41. The Balaban J connectivity index is 2.30. The number of aliphatic hydroxyl groups is 1. The van der Waals surface area contributed by atoms with E-state index in [0.717, 1.165) is 4.48 Å². The van der Waals surface area contributed by atoms with Gasteiger partial charge in [0.15, 0.2) is 0 Å². The zero-order valence-corrected chi connectivity index (χ0v) is 9.43. The van der Waals surface area contributed by atoms with E-state index in [2.05, 4.69) is 27.8 Å². The molecule has 1 fully saturated rings. The van der Waals surface area contributed by atoms with Crippen LogP contribution < -0.4 is 5.32 Å². The summed E-state index contributed by atoms with van der Waals surface area (Å²) >= 11 is 3.25. The van der Waals surface area contributed by atoms with E-state index in [1.807, 2.05) is 6.92 Å². The van der Waals surface area contributed by atoms with Crippen LogP contribution in [-0.2, 0) is 4.74 Å². The molecule has 0 bridgehead atoms. The van der Waals surface area contributed by atoms with Crippen LogP contribution in [-0.4, -0.2) is 36.5 Å². The van der Waals surface area contributed by atoms with Crippen molar-refractivity contribution in [2.45, 2.75) is 25.0 Å². The van der Waals surface area contributed by atoms with E-state index in [9.17, 15) is 5.11 Å². The van der Waals surface area contributed by atoms with E-state index in [4.69, 9.17) is 4.74 Å². The molecule has 0 aromatic carbocycles. The number of hydrogen-bond donors (Lipinski definition) is 2. The highest BCUT2D eigenvalue weighted by Gasteiger charge is 2.38. The molecule has 4 heteroatoms. The Kier molecular flexibility index (Phi) is 3.91. The maximum absolute atomic E-state index is 10.0. The number of ether oxygens (including phenoxy) is 1. The zero-order chi connectivity index (χ0) is 9.90. The van der Waals surface area contributed by atoms with E-state index >= 15 is 0 Å². The Labute approximate surface area is 87.3 Å². The van der Waals surface area contributed by atoms with Crippen molar-refractivity contribution in [2.75, 3.05) is 19.7 Å². The van der Waals surface area contributed by atoms with E-state index in [0.29, 0.717) is 26.1 Å². The SMILES string of the molecule is C=C(Br)CNCC1(O)CCOC1C. The van der Waals surface area contributed by atoms with E-state index in [1.165, 1.54) is 0 Å². The summed E-state index contributed by atoms with van der Waals surface area (Å²) in [5, 5.41) is 13.2. The molecular formula is C9H16BrNO2. The predicted octanol–water partition coefficient (Wildman–Crippen LogP) is 1.02. The fourth-order valence-corrected chi connectivity index (χ4v) is 1.62. The summed E-state index contributed by atoms with van der Waals surface area (Å²) in [5.74, 6) is 0. The zero-order valence-electron chi connectivity index (χ0n) is 7.85. The fourth-order valence-electron chi connectivity index (χ4n) is 1.42. The summed E-state index contributed by atoms with van der Waals surface area (Å²) in [4.78, 5) is 0. The highest BCUT2D eigenvalue weighted by Crippen LogP contribution is 2.24. The fraction of sp³-hybridized carbons (Fsp3) is 0.778. The lowest BCUT2D eigenvalue weighted by Crippen LogP contribution is -2.46. The van der Waals surface area contributed by atoms with Gasteiger partial charge in [-0.05, 0) is 6.92 Å². The van der Waals surface area contributed by atoms with E-state index in [-0.39, 0.29) is 6.10 Å². The minimum absolute atomic E-state index is 0.0800. The van der Waals surface area contributed by atoms with Gasteiger partial charge < -0.3 is 15.2 Å². The van der Waals surface area contributed by atoms with Crippen molar-refractivity contribution in [2.24, 2.45) is 0 Å². The van der Waals surface area contributed by atoms with Crippen molar-refractivity contribution < 1.29 is 9.84 Å². The maximum Gasteiger partial charge on any atom is 0.105 e. The van der Waals surface area contributed by atoms with Gasteiger partial charge in [-0.3, -0.25) is 0 Å². The molecule has 0 amide bonds. The van der Waals surface area contributed by atoms with Crippen LogP contribution in [0.2, 0.25) is 0 Å². The lowest BCUT2D eigenvalue weighted by Gasteiger charge is -2.26. The van der Waals surface area contributed by atoms with Crippen LogP contribution in [0.25, 0.3) is 0 Å². The topological polar surface area (TPSA) is 41.5 Å². The van der Waals surface area contributed by atoms with Crippen molar-refractivity contribution in [1.29, 1.82) is 0 Å². The Bertz CT molecular complexity index is 198. The van der Waals surface area contributed by atoms with Crippen LogP contribution in [0, 0.1) is 0 Å². The van der Waals surface area contributed by atoms with Gasteiger partial charge in [0.2, 0.25) is 0 Å². The van der Waals surface area contributed by atoms with Crippen molar-refractivity contribution in [1.82, 2.24) is 5.32 Å². The summed E-state index contributed by atoms with van der Waals surface area (Å²) in [7, 11) is 0. The van der Waals surface area contributed by atoms with Crippen LogP contribution in [0.15, 0.2) is 11.1 Å². The van der Waals surface area contributed by atoms with Gasteiger partial charge in [-0.25, -0.2) is 0 Å². The second-order valence-corrected chi connectivity index (χ2v) is 4.61. The highest BCUT2D eigenvalue weighted by molar-refractivity contribution is 9.11. The first kappa shape index (κ1) is 11.2. The Morgan fingerprint density at radius 2 is 2.54 bits per heavy atom. The van der Waals surface area contributed by atoms with Gasteiger partial charge in [0.1, 0.15) is 5.60 Å². The van der Waals surface area contributed by atoms with Crippen LogP contribution in [0.4, 0.5) is 0 Å². The van der Waals surface area contributed by atoms with E-state index < -0.39 is 5.60 Å². The Morgan fingerprint density at radius 1 is 1.85 bits per heavy atom. The minimum atomic E-state index is -0.706. The maximum atomic E-state index is 10.0. The molecular weight excluding hydrogens is 234 g/mol. The van der Waals surface area contributed by atoms with Crippen molar-refractivity contribution in [3.05, 3.63) is 11.1 Å². The molecule has 3 nitrogen and oxygen atoms in total. The second-order valence-electron chi connectivity index (χ2n) is 3.49. The van der Waals surface area contributed by atoms with Gasteiger partial charge in [0.05, 0.1) is 6.10 Å². The number of hydrogen-bond acceptors (Lipinski definition) is 3. The van der Waals surface area contributed by atoms with Gasteiger partial charge in [0, 0.05) is 30.6 Å². The van der Waals surface area contributed by atoms with Gasteiger partial charge in [-0.1, -0.05) is 22.5 Å². The second kappa shape index (κ2) is 4.55. The molecule has 0 spiro atoms. The molecule has 0 aromatic rings.